The van der Waals surface area contributed by atoms with E-state index in [4.69, 9.17) is 0 Å². The highest BCUT2D eigenvalue weighted by molar-refractivity contribution is 7.91. The van der Waals surface area contributed by atoms with Crippen molar-refractivity contribution in [2.24, 2.45) is 0 Å². The van der Waals surface area contributed by atoms with E-state index in [1.807, 2.05) is 26.8 Å². The molecule has 23 heavy (non-hydrogen) atoms. The van der Waals surface area contributed by atoms with Crippen LogP contribution in [0.1, 0.15) is 37.7 Å². The first kappa shape index (κ1) is 17.7. The number of carbonyl (C=O) groups excluding carboxylic acids is 1. The summed E-state index contributed by atoms with van der Waals surface area (Å²) >= 11 is 0. The molecule has 0 bridgehead atoms. The van der Waals surface area contributed by atoms with E-state index in [-0.39, 0.29) is 23.5 Å². The summed E-state index contributed by atoms with van der Waals surface area (Å²) in [4.78, 5) is 20.3. The summed E-state index contributed by atoms with van der Waals surface area (Å²) in [6.07, 6.45) is 2.32. The summed E-state index contributed by atoms with van der Waals surface area (Å²) in [5.74, 6) is 0.370. The molecule has 1 aliphatic heterocycles. The lowest BCUT2D eigenvalue weighted by atomic mass is 10.2. The summed E-state index contributed by atoms with van der Waals surface area (Å²) in [7, 11) is -2.92. The fourth-order valence-electron chi connectivity index (χ4n) is 3.03. The SMILES string of the molecule is CCN(CC)C(=O)c1ccc(N(CC)C2CCS(=O)(=O)C2)cn1. The first-order valence-corrected chi connectivity index (χ1v) is 9.96. The molecule has 0 aromatic carbocycles. The molecule has 1 fully saturated rings. The van der Waals surface area contributed by atoms with Gasteiger partial charge in [-0.25, -0.2) is 13.4 Å². The summed E-state index contributed by atoms with van der Waals surface area (Å²) in [6, 6.07) is 3.58. The number of rotatable bonds is 6. The van der Waals surface area contributed by atoms with Gasteiger partial charge in [-0.05, 0) is 39.3 Å². The van der Waals surface area contributed by atoms with E-state index in [9.17, 15) is 13.2 Å². The summed E-state index contributed by atoms with van der Waals surface area (Å²) in [6.45, 7) is 7.90. The van der Waals surface area contributed by atoms with E-state index in [2.05, 4.69) is 9.88 Å². The predicted molar refractivity (Wildman–Crippen MR) is 91.6 cm³/mol. The Bertz CT molecular complexity index is 639. The molecular weight excluding hydrogens is 314 g/mol. The van der Waals surface area contributed by atoms with Crippen molar-refractivity contribution in [3.8, 4) is 0 Å². The van der Waals surface area contributed by atoms with E-state index in [0.29, 0.717) is 31.7 Å². The molecular formula is C16H25N3O3S. The van der Waals surface area contributed by atoms with Gasteiger partial charge in [-0.2, -0.15) is 0 Å². The maximum absolute atomic E-state index is 12.3. The summed E-state index contributed by atoms with van der Waals surface area (Å²) in [5.41, 5.74) is 1.29. The fraction of sp³-hybridized carbons (Fsp3) is 0.625. The van der Waals surface area contributed by atoms with Gasteiger partial charge < -0.3 is 9.80 Å². The van der Waals surface area contributed by atoms with E-state index in [1.165, 1.54) is 0 Å². The molecule has 0 spiro atoms. The fourth-order valence-corrected chi connectivity index (χ4v) is 4.76. The average Bonchev–Trinajstić information content (AvgIpc) is 2.89. The van der Waals surface area contributed by atoms with Crippen LogP contribution in [0.25, 0.3) is 0 Å². The Hall–Kier alpha value is -1.63. The van der Waals surface area contributed by atoms with Crippen molar-refractivity contribution in [2.45, 2.75) is 33.2 Å². The first-order valence-electron chi connectivity index (χ1n) is 8.14. The zero-order chi connectivity index (χ0) is 17.0. The molecule has 1 aromatic rings. The van der Waals surface area contributed by atoms with Crippen LogP contribution in [-0.2, 0) is 9.84 Å². The minimum atomic E-state index is -2.92. The van der Waals surface area contributed by atoms with Gasteiger partial charge in [-0.15, -0.1) is 0 Å². The Kier molecular flexibility index (Phi) is 5.62. The third-order valence-corrected chi connectivity index (χ3v) is 6.09. The average molecular weight is 339 g/mol. The number of hydrogen-bond acceptors (Lipinski definition) is 5. The highest BCUT2D eigenvalue weighted by Gasteiger charge is 2.32. The van der Waals surface area contributed by atoms with Gasteiger partial charge in [0, 0.05) is 25.7 Å². The van der Waals surface area contributed by atoms with E-state index in [1.54, 1.807) is 17.2 Å². The molecule has 1 unspecified atom stereocenters. The molecule has 2 heterocycles. The van der Waals surface area contributed by atoms with Crippen LogP contribution >= 0.6 is 0 Å². The molecule has 1 amide bonds. The molecule has 0 N–H and O–H groups in total. The summed E-state index contributed by atoms with van der Waals surface area (Å²) in [5, 5.41) is 0. The van der Waals surface area contributed by atoms with E-state index >= 15 is 0 Å². The number of hydrogen-bond donors (Lipinski definition) is 0. The molecule has 2 rings (SSSR count). The van der Waals surface area contributed by atoms with Crippen molar-refractivity contribution in [1.82, 2.24) is 9.88 Å². The lowest BCUT2D eigenvalue weighted by Gasteiger charge is -2.29. The topological polar surface area (TPSA) is 70.6 Å². The number of anilines is 1. The van der Waals surface area contributed by atoms with Crippen molar-refractivity contribution >= 4 is 21.4 Å². The van der Waals surface area contributed by atoms with E-state index < -0.39 is 9.84 Å². The monoisotopic (exact) mass is 339 g/mol. The molecule has 1 aliphatic rings. The zero-order valence-electron chi connectivity index (χ0n) is 14.0. The zero-order valence-corrected chi connectivity index (χ0v) is 14.8. The second-order valence-corrected chi connectivity index (χ2v) is 7.95. The smallest absolute Gasteiger partial charge is 0.272 e. The van der Waals surface area contributed by atoms with Crippen molar-refractivity contribution < 1.29 is 13.2 Å². The number of pyridine rings is 1. The van der Waals surface area contributed by atoms with Crippen molar-refractivity contribution in [3.63, 3.8) is 0 Å². The normalized spacial score (nSPS) is 19.5. The first-order chi connectivity index (χ1) is 10.9. The van der Waals surface area contributed by atoms with E-state index in [0.717, 1.165) is 5.69 Å². The second-order valence-electron chi connectivity index (χ2n) is 5.72. The van der Waals surface area contributed by atoms with Gasteiger partial charge in [0.25, 0.3) is 5.91 Å². The highest BCUT2D eigenvalue weighted by atomic mass is 32.2. The predicted octanol–water partition coefficient (Wildman–Crippen LogP) is 1.58. The minimum Gasteiger partial charge on any atom is -0.367 e. The molecule has 1 aromatic heterocycles. The number of carbonyl (C=O) groups is 1. The Morgan fingerprint density at radius 2 is 1.91 bits per heavy atom. The van der Waals surface area contributed by atoms with Crippen LogP contribution in [0, 0.1) is 0 Å². The van der Waals surface area contributed by atoms with Gasteiger partial charge in [-0.1, -0.05) is 0 Å². The van der Waals surface area contributed by atoms with Crippen LogP contribution in [0.2, 0.25) is 0 Å². The Morgan fingerprint density at radius 1 is 1.22 bits per heavy atom. The van der Waals surface area contributed by atoms with Crippen LogP contribution in [0.4, 0.5) is 5.69 Å². The molecule has 6 nitrogen and oxygen atoms in total. The number of aromatic nitrogens is 1. The Balaban J connectivity index is 2.16. The van der Waals surface area contributed by atoms with Crippen molar-refractivity contribution in [2.75, 3.05) is 36.0 Å². The molecule has 0 saturated carbocycles. The summed E-state index contributed by atoms with van der Waals surface area (Å²) < 4.78 is 23.4. The van der Waals surface area contributed by atoms with Gasteiger partial charge in [-0.3, -0.25) is 4.79 Å². The largest absolute Gasteiger partial charge is 0.367 e. The van der Waals surface area contributed by atoms with Crippen LogP contribution < -0.4 is 4.90 Å². The van der Waals surface area contributed by atoms with Crippen molar-refractivity contribution in [3.05, 3.63) is 24.0 Å². The molecule has 1 atom stereocenters. The Labute approximate surface area is 138 Å². The lowest BCUT2D eigenvalue weighted by molar-refractivity contribution is 0.0767. The number of nitrogens with zero attached hydrogens (tertiary/aromatic N) is 3. The Morgan fingerprint density at radius 3 is 2.35 bits per heavy atom. The number of sulfone groups is 1. The molecule has 1 saturated heterocycles. The highest BCUT2D eigenvalue weighted by Crippen LogP contribution is 2.24. The quantitative estimate of drug-likeness (QED) is 0.787. The van der Waals surface area contributed by atoms with Gasteiger partial charge in [0.2, 0.25) is 0 Å². The van der Waals surface area contributed by atoms with Gasteiger partial charge in [0.15, 0.2) is 9.84 Å². The van der Waals surface area contributed by atoms with Crippen molar-refractivity contribution in [1.29, 1.82) is 0 Å². The maximum atomic E-state index is 12.3. The van der Waals surface area contributed by atoms with Gasteiger partial charge >= 0.3 is 0 Å². The van der Waals surface area contributed by atoms with Gasteiger partial charge in [0.05, 0.1) is 23.4 Å². The number of amides is 1. The van der Waals surface area contributed by atoms with Gasteiger partial charge in [0.1, 0.15) is 5.69 Å². The molecule has 7 heteroatoms. The maximum Gasteiger partial charge on any atom is 0.272 e. The third-order valence-electron chi connectivity index (χ3n) is 4.34. The second kappa shape index (κ2) is 7.29. The molecule has 128 valence electrons. The standard InChI is InChI=1S/C16H25N3O3S/c1-4-18(5-2)16(20)15-8-7-13(11-17-15)19(6-3)14-9-10-23(21,22)12-14/h7-8,11,14H,4-6,9-10,12H2,1-3H3. The third kappa shape index (κ3) is 4.02. The molecule has 0 radical (unpaired) electrons. The molecule has 0 aliphatic carbocycles. The van der Waals surface area contributed by atoms with Crippen LogP contribution in [0.15, 0.2) is 18.3 Å². The lowest BCUT2D eigenvalue weighted by Crippen LogP contribution is -2.36. The van der Waals surface area contributed by atoms with Crippen LogP contribution in [-0.4, -0.2) is 61.4 Å². The van der Waals surface area contributed by atoms with Crippen LogP contribution in [0.3, 0.4) is 0 Å². The minimum absolute atomic E-state index is 0.00358. The van der Waals surface area contributed by atoms with Crippen LogP contribution in [0.5, 0.6) is 0 Å².